The van der Waals surface area contributed by atoms with E-state index in [0.29, 0.717) is 23.7 Å². The molecule has 0 heterocycles. The van der Waals surface area contributed by atoms with Crippen molar-refractivity contribution in [3.63, 3.8) is 0 Å². The van der Waals surface area contributed by atoms with E-state index in [1.54, 1.807) is 26.2 Å². The Hall–Kier alpha value is -1.11. The zero-order chi connectivity index (χ0) is 14.0. The van der Waals surface area contributed by atoms with Gasteiger partial charge in [0.2, 0.25) is 10.0 Å². The summed E-state index contributed by atoms with van der Waals surface area (Å²) in [5.41, 5.74) is 6.89. The van der Waals surface area contributed by atoms with Crippen LogP contribution in [0.25, 0.3) is 0 Å². The number of rotatable bonds is 6. The Morgan fingerprint density at radius 2 is 2.11 bits per heavy atom. The number of aryl methyl sites for hydroxylation is 1. The quantitative estimate of drug-likeness (QED) is 0.801. The van der Waals surface area contributed by atoms with Crippen LogP contribution in [0.15, 0.2) is 23.1 Å². The summed E-state index contributed by atoms with van der Waals surface area (Å²) in [5.74, 6) is 0. The van der Waals surface area contributed by atoms with E-state index in [2.05, 4.69) is 0 Å². The van der Waals surface area contributed by atoms with E-state index in [9.17, 15) is 8.42 Å². The smallest absolute Gasteiger partial charge is 0.243 e. The van der Waals surface area contributed by atoms with E-state index in [1.807, 2.05) is 0 Å². The van der Waals surface area contributed by atoms with Crippen molar-refractivity contribution in [1.29, 1.82) is 0 Å². The molecule has 1 aliphatic carbocycles. The number of nitrogen functional groups attached to an aromatic ring is 1. The van der Waals surface area contributed by atoms with Crippen molar-refractivity contribution >= 4 is 15.7 Å². The van der Waals surface area contributed by atoms with Crippen molar-refractivity contribution < 1.29 is 13.2 Å². The predicted octanol–water partition coefficient (Wildman–Crippen LogP) is 1.38. The summed E-state index contributed by atoms with van der Waals surface area (Å²) in [6, 6.07) is 5.10. The lowest BCUT2D eigenvalue weighted by molar-refractivity contribution is 0.177. The largest absolute Gasteiger partial charge is 0.399 e. The molecule has 0 unspecified atom stereocenters. The van der Waals surface area contributed by atoms with E-state index in [0.717, 1.165) is 18.4 Å². The van der Waals surface area contributed by atoms with Gasteiger partial charge in [-0.05, 0) is 37.5 Å². The fraction of sp³-hybridized carbons (Fsp3) is 0.538. The number of benzene rings is 1. The number of methoxy groups -OCH3 is 1. The molecular weight excluding hydrogens is 264 g/mol. The second-order valence-electron chi connectivity index (χ2n) is 4.86. The number of hydrogen-bond acceptors (Lipinski definition) is 4. The molecule has 106 valence electrons. The first-order valence-electron chi connectivity index (χ1n) is 6.33. The van der Waals surface area contributed by atoms with Gasteiger partial charge in [0.25, 0.3) is 0 Å². The number of nitrogens with zero attached hydrogens (tertiary/aromatic N) is 1. The van der Waals surface area contributed by atoms with E-state index in [4.69, 9.17) is 10.5 Å². The third-order valence-corrected chi connectivity index (χ3v) is 5.36. The maximum absolute atomic E-state index is 12.7. The molecule has 0 aliphatic heterocycles. The predicted molar refractivity (Wildman–Crippen MR) is 74.4 cm³/mol. The zero-order valence-electron chi connectivity index (χ0n) is 11.3. The summed E-state index contributed by atoms with van der Waals surface area (Å²) in [7, 11) is -1.92. The van der Waals surface area contributed by atoms with Crippen molar-refractivity contribution in [2.24, 2.45) is 0 Å². The van der Waals surface area contributed by atoms with Crippen LogP contribution in [-0.4, -0.2) is 39.0 Å². The first-order valence-corrected chi connectivity index (χ1v) is 7.77. The van der Waals surface area contributed by atoms with E-state index < -0.39 is 10.0 Å². The molecule has 1 fully saturated rings. The van der Waals surface area contributed by atoms with Crippen molar-refractivity contribution in [3.05, 3.63) is 23.8 Å². The fourth-order valence-electron chi connectivity index (χ4n) is 2.06. The molecule has 1 aromatic carbocycles. The van der Waals surface area contributed by atoms with Crippen molar-refractivity contribution in [2.45, 2.75) is 30.7 Å². The van der Waals surface area contributed by atoms with E-state index in [1.165, 1.54) is 10.4 Å². The van der Waals surface area contributed by atoms with E-state index in [-0.39, 0.29) is 6.04 Å². The minimum atomic E-state index is -3.49. The molecule has 1 aromatic rings. The topological polar surface area (TPSA) is 72.6 Å². The molecule has 0 bridgehead atoms. The number of nitrogens with two attached hydrogens (primary N) is 1. The maximum Gasteiger partial charge on any atom is 0.243 e. The van der Waals surface area contributed by atoms with Crippen LogP contribution in [0.2, 0.25) is 0 Å². The van der Waals surface area contributed by atoms with Gasteiger partial charge in [0.1, 0.15) is 0 Å². The van der Waals surface area contributed by atoms with Gasteiger partial charge < -0.3 is 10.5 Å². The molecule has 2 rings (SSSR count). The van der Waals surface area contributed by atoms with Gasteiger partial charge in [-0.2, -0.15) is 4.31 Å². The minimum Gasteiger partial charge on any atom is -0.399 e. The van der Waals surface area contributed by atoms with Crippen LogP contribution in [0.3, 0.4) is 0 Å². The summed E-state index contributed by atoms with van der Waals surface area (Å²) in [4.78, 5) is 0.301. The molecule has 6 heteroatoms. The molecule has 1 aliphatic rings. The van der Waals surface area contributed by atoms with Gasteiger partial charge in [0, 0.05) is 25.4 Å². The first kappa shape index (κ1) is 14.3. The minimum absolute atomic E-state index is 0.112. The lowest BCUT2D eigenvalue weighted by Crippen LogP contribution is -2.36. The van der Waals surface area contributed by atoms with Crippen molar-refractivity contribution in [1.82, 2.24) is 4.31 Å². The Morgan fingerprint density at radius 3 is 2.68 bits per heavy atom. The molecule has 0 aromatic heterocycles. The highest BCUT2D eigenvalue weighted by molar-refractivity contribution is 7.89. The fourth-order valence-corrected chi connectivity index (χ4v) is 3.99. The maximum atomic E-state index is 12.7. The second-order valence-corrected chi connectivity index (χ2v) is 6.72. The number of ether oxygens (including phenoxy) is 1. The van der Waals surface area contributed by atoms with Crippen molar-refractivity contribution in [3.8, 4) is 0 Å². The van der Waals surface area contributed by atoms with Crippen LogP contribution < -0.4 is 5.73 Å². The van der Waals surface area contributed by atoms with Gasteiger partial charge in [-0.25, -0.2) is 8.42 Å². The first-order chi connectivity index (χ1) is 8.96. The number of hydrogen-bond donors (Lipinski definition) is 1. The Labute approximate surface area is 114 Å². The summed E-state index contributed by atoms with van der Waals surface area (Å²) < 4.78 is 32.0. The normalized spacial score (nSPS) is 15.9. The van der Waals surface area contributed by atoms with Crippen LogP contribution in [0, 0.1) is 6.92 Å². The van der Waals surface area contributed by atoms with Gasteiger partial charge in [-0.3, -0.25) is 0 Å². The SMILES string of the molecule is COCCN(C1CC1)S(=O)(=O)c1cc(N)ccc1C. The van der Waals surface area contributed by atoms with Crippen LogP contribution in [-0.2, 0) is 14.8 Å². The third-order valence-electron chi connectivity index (χ3n) is 3.27. The highest BCUT2D eigenvalue weighted by Crippen LogP contribution is 2.33. The molecule has 0 atom stereocenters. The standard InChI is InChI=1S/C13H20N2O3S/c1-10-3-4-11(14)9-13(10)19(16,17)15(7-8-18-2)12-5-6-12/h3-4,9,12H,5-8,14H2,1-2H3. The lowest BCUT2D eigenvalue weighted by Gasteiger charge is -2.22. The van der Waals surface area contributed by atoms with Gasteiger partial charge >= 0.3 is 0 Å². The van der Waals surface area contributed by atoms with Gasteiger partial charge in [0.05, 0.1) is 11.5 Å². The van der Waals surface area contributed by atoms with Crippen LogP contribution in [0.4, 0.5) is 5.69 Å². The van der Waals surface area contributed by atoms with E-state index >= 15 is 0 Å². The van der Waals surface area contributed by atoms with Crippen molar-refractivity contribution in [2.75, 3.05) is 26.0 Å². The second kappa shape index (κ2) is 5.48. The molecule has 5 nitrogen and oxygen atoms in total. The Bertz CT molecular complexity index is 553. The molecule has 0 saturated heterocycles. The number of sulfonamides is 1. The Kier molecular flexibility index (Phi) is 4.13. The summed E-state index contributed by atoms with van der Waals surface area (Å²) in [6.45, 7) is 2.57. The molecular formula is C13H20N2O3S. The van der Waals surface area contributed by atoms with Crippen LogP contribution in [0.1, 0.15) is 18.4 Å². The Morgan fingerprint density at radius 1 is 1.42 bits per heavy atom. The third kappa shape index (κ3) is 3.08. The molecule has 1 saturated carbocycles. The van der Waals surface area contributed by atoms with Crippen LogP contribution >= 0.6 is 0 Å². The summed E-state index contributed by atoms with van der Waals surface area (Å²) >= 11 is 0. The van der Waals surface area contributed by atoms with Gasteiger partial charge in [0.15, 0.2) is 0 Å². The molecule has 0 spiro atoms. The molecule has 0 amide bonds. The lowest BCUT2D eigenvalue weighted by atomic mass is 10.2. The molecule has 2 N–H and O–H groups in total. The molecule has 0 radical (unpaired) electrons. The summed E-state index contributed by atoms with van der Waals surface area (Å²) in [6.07, 6.45) is 1.84. The average Bonchev–Trinajstić information content (AvgIpc) is 3.17. The van der Waals surface area contributed by atoms with Gasteiger partial charge in [-0.15, -0.1) is 0 Å². The Balaban J connectivity index is 2.35. The van der Waals surface area contributed by atoms with Crippen LogP contribution in [0.5, 0.6) is 0 Å². The summed E-state index contributed by atoms with van der Waals surface area (Å²) in [5, 5.41) is 0. The highest BCUT2D eigenvalue weighted by Gasteiger charge is 2.38. The van der Waals surface area contributed by atoms with Gasteiger partial charge in [-0.1, -0.05) is 6.07 Å². The average molecular weight is 284 g/mol. The highest BCUT2D eigenvalue weighted by atomic mass is 32.2. The monoisotopic (exact) mass is 284 g/mol. The zero-order valence-corrected chi connectivity index (χ0v) is 12.1. The molecule has 19 heavy (non-hydrogen) atoms. The number of anilines is 1.